The van der Waals surface area contributed by atoms with Gasteiger partial charge in [0, 0.05) is 26.2 Å². The van der Waals surface area contributed by atoms with Crippen molar-refractivity contribution in [3.05, 3.63) is 59.7 Å². The van der Waals surface area contributed by atoms with Crippen LogP contribution in [0.25, 0.3) is 0 Å². The summed E-state index contributed by atoms with van der Waals surface area (Å²) in [6.45, 7) is 7.72. The number of sulfonamides is 1. The van der Waals surface area contributed by atoms with Crippen molar-refractivity contribution in [1.29, 1.82) is 0 Å². The van der Waals surface area contributed by atoms with E-state index in [9.17, 15) is 8.42 Å². The molecule has 6 nitrogen and oxygen atoms in total. The smallest absolute Gasteiger partial charge is 0.240 e. The van der Waals surface area contributed by atoms with Gasteiger partial charge in [-0.1, -0.05) is 37.3 Å². The normalized spacial score (nSPS) is 17.9. The lowest BCUT2D eigenvalue weighted by atomic mass is 10.1. The molecule has 2 aromatic carbocycles. The standard InChI is InChI=1S/C22H30N2O4S/c1-3-14-27-21-10-9-20(16-18(21)2)29(25,26)23-11-12-24-13-15-28-22(17-24)19-7-5-4-6-8-19/h4-10,16,22-23H,3,11-15,17H2,1-2H3/t22-/m0/s1. The predicted molar refractivity (Wildman–Crippen MR) is 114 cm³/mol. The highest BCUT2D eigenvalue weighted by Gasteiger charge is 2.22. The van der Waals surface area contributed by atoms with Crippen molar-refractivity contribution in [3.8, 4) is 5.75 Å². The molecule has 1 heterocycles. The Morgan fingerprint density at radius 3 is 2.72 bits per heavy atom. The fourth-order valence-corrected chi connectivity index (χ4v) is 4.47. The van der Waals surface area contributed by atoms with Crippen LogP contribution >= 0.6 is 0 Å². The predicted octanol–water partition coefficient (Wildman–Crippen LogP) is 3.14. The third-order valence-electron chi connectivity index (χ3n) is 4.96. The number of nitrogens with one attached hydrogen (secondary N) is 1. The van der Waals surface area contributed by atoms with Crippen molar-refractivity contribution in [1.82, 2.24) is 9.62 Å². The van der Waals surface area contributed by atoms with E-state index in [1.807, 2.05) is 32.0 Å². The summed E-state index contributed by atoms with van der Waals surface area (Å²) < 4.78 is 39.5. The lowest BCUT2D eigenvalue weighted by Gasteiger charge is -2.33. The Kier molecular flexibility index (Phi) is 7.66. The van der Waals surface area contributed by atoms with Crippen LogP contribution in [0.4, 0.5) is 0 Å². The average molecular weight is 419 g/mol. The van der Waals surface area contributed by atoms with Crippen molar-refractivity contribution in [3.63, 3.8) is 0 Å². The van der Waals surface area contributed by atoms with Crippen LogP contribution in [0.2, 0.25) is 0 Å². The van der Waals surface area contributed by atoms with Crippen molar-refractivity contribution >= 4 is 10.0 Å². The highest BCUT2D eigenvalue weighted by molar-refractivity contribution is 7.89. The molecule has 158 valence electrons. The molecule has 1 aliphatic rings. The van der Waals surface area contributed by atoms with Gasteiger partial charge in [-0.05, 0) is 42.7 Å². The maximum atomic E-state index is 12.6. The molecule has 0 aromatic heterocycles. The Hall–Kier alpha value is -1.93. The van der Waals surface area contributed by atoms with Gasteiger partial charge in [-0.3, -0.25) is 4.90 Å². The SMILES string of the molecule is CCCOc1ccc(S(=O)(=O)NCCN2CCO[C@H](c3ccccc3)C2)cc1C. The van der Waals surface area contributed by atoms with Crippen LogP contribution in [0.3, 0.4) is 0 Å². The molecule has 3 rings (SSSR count). The molecule has 0 spiro atoms. The Morgan fingerprint density at radius 2 is 2.00 bits per heavy atom. The second-order valence-electron chi connectivity index (χ2n) is 7.24. The van der Waals surface area contributed by atoms with Gasteiger partial charge >= 0.3 is 0 Å². The summed E-state index contributed by atoms with van der Waals surface area (Å²) in [7, 11) is -3.55. The summed E-state index contributed by atoms with van der Waals surface area (Å²) in [5.41, 5.74) is 1.97. The second kappa shape index (κ2) is 10.2. The zero-order valence-electron chi connectivity index (χ0n) is 17.1. The van der Waals surface area contributed by atoms with E-state index in [0.717, 1.165) is 36.4 Å². The van der Waals surface area contributed by atoms with Crippen LogP contribution in [-0.2, 0) is 14.8 Å². The van der Waals surface area contributed by atoms with Gasteiger partial charge in [0.2, 0.25) is 10.0 Å². The zero-order valence-corrected chi connectivity index (χ0v) is 18.0. The second-order valence-corrected chi connectivity index (χ2v) is 9.01. The van der Waals surface area contributed by atoms with E-state index in [4.69, 9.17) is 9.47 Å². The van der Waals surface area contributed by atoms with Gasteiger partial charge < -0.3 is 9.47 Å². The molecule has 1 saturated heterocycles. The summed E-state index contributed by atoms with van der Waals surface area (Å²) in [4.78, 5) is 2.50. The van der Waals surface area contributed by atoms with E-state index in [-0.39, 0.29) is 11.0 Å². The third kappa shape index (κ3) is 6.02. The summed E-state index contributed by atoms with van der Waals surface area (Å²) in [6.07, 6.45) is 0.938. The highest BCUT2D eigenvalue weighted by atomic mass is 32.2. The number of nitrogens with zero attached hydrogens (tertiary/aromatic N) is 1. The summed E-state index contributed by atoms with van der Waals surface area (Å²) in [5.74, 6) is 0.728. The van der Waals surface area contributed by atoms with Gasteiger partial charge in [-0.2, -0.15) is 0 Å². The molecular weight excluding hydrogens is 388 g/mol. The minimum absolute atomic E-state index is 0.0277. The summed E-state index contributed by atoms with van der Waals surface area (Å²) in [6, 6.07) is 15.1. The zero-order chi connectivity index (χ0) is 20.7. The maximum absolute atomic E-state index is 12.6. The number of ether oxygens (including phenoxy) is 2. The Morgan fingerprint density at radius 1 is 1.21 bits per heavy atom. The number of aryl methyl sites for hydroxylation is 1. The number of hydrogen-bond donors (Lipinski definition) is 1. The molecule has 29 heavy (non-hydrogen) atoms. The number of hydrogen-bond acceptors (Lipinski definition) is 5. The van der Waals surface area contributed by atoms with Crippen molar-refractivity contribution in [2.75, 3.05) is 39.4 Å². The summed E-state index contributed by atoms with van der Waals surface area (Å²) >= 11 is 0. The minimum Gasteiger partial charge on any atom is -0.493 e. The summed E-state index contributed by atoms with van der Waals surface area (Å²) in [5, 5.41) is 0. The van der Waals surface area contributed by atoms with Crippen molar-refractivity contribution in [2.24, 2.45) is 0 Å². The van der Waals surface area contributed by atoms with Crippen LogP contribution in [0.1, 0.15) is 30.6 Å². The molecule has 0 amide bonds. The van der Waals surface area contributed by atoms with Gasteiger partial charge in [-0.15, -0.1) is 0 Å². The van der Waals surface area contributed by atoms with Crippen LogP contribution in [0.5, 0.6) is 5.75 Å². The van der Waals surface area contributed by atoms with Crippen molar-refractivity contribution in [2.45, 2.75) is 31.3 Å². The molecule has 1 aliphatic heterocycles. The number of benzene rings is 2. The molecular formula is C22H30N2O4S. The topological polar surface area (TPSA) is 67.9 Å². The van der Waals surface area contributed by atoms with E-state index in [1.54, 1.807) is 18.2 Å². The Balaban J connectivity index is 1.53. The van der Waals surface area contributed by atoms with Crippen LogP contribution in [0.15, 0.2) is 53.4 Å². The number of rotatable bonds is 9. The first-order valence-electron chi connectivity index (χ1n) is 10.1. The first kappa shape index (κ1) is 21.8. The lowest BCUT2D eigenvalue weighted by molar-refractivity contribution is -0.0291. The van der Waals surface area contributed by atoms with E-state index < -0.39 is 10.0 Å². The average Bonchev–Trinajstić information content (AvgIpc) is 2.73. The van der Waals surface area contributed by atoms with Crippen LogP contribution < -0.4 is 9.46 Å². The molecule has 7 heteroatoms. The Bertz CT molecular complexity index is 887. The van der Waals surface area contributed by atoms with E-state index in [0.29, 0.717) is 26.3 Å². The molecule has 1 N–H and O–H groups in total. The molecule has 0 aliphatic carbocycles. The van der Waals surface area contributed by atoms with E-state index >= 15 is 0 Å². The number of morpholine rings is 1. The van der Waals surface area contributed by atoms with Gasteiger partial charge in [0.15, 0.2) is 0 Å². The molecule has 0 saturated carbocycles. The molecule has 1 atom stereocenters. The van der Waals surface area contributed by atoms with E-state index in [1.165, 1.54) is 0 Å². The maximum Gasteiger partial charge on any atom is 0.240 e. The third-order valence-corrected chi connectivity index (χ3v) is 6.42. The van der Waals surface area contributed by atoms with Crippen LogP contribution in [0, 0.1) is 6.92 Å². The first-order valence-corrected chi connectivity index (χ1v) is 11.6. The Labute approximate surface area is 173 Å². The highest BCUT2D eigenvalue weighted by Crippen LogP contribution is 2.23. The molecule has 0 unspecified atom stereocenters. The molecule has 1 fully saturated rings. The van der Waals surface area contributed by atoms with E-state index in [2.05, 4.69) is 21.8 Å². The van der Waals surface area contributed by atoms with Gasteiger partial charge in [-0.25, -0.2) is 13.1 Å². The van der Waals surface area contributed by atoms with Gasteiger partial charge in [0.25, 0.3) is 0 Å². The van der Waals surface area contributed by atoms with Gasteiger partial charge in [0.05, 0.1) is 24.2 Å². The quantitative estimate of drug-likeness (QED) is 0.678. The van der Waals surface area contributed by atoms with Gasteiger partial charge in [0.1, 0.15) is 5.75 Å². The monoisotopic (exact) mass is 418 g/mol. The minimum atomic E-state index is -3.55. The first-order chi connectivity index (χ1) is 14.0. The fourth-order valence-electron chi connectivity index (χ4n) is 3.36. The van der Waals surface area contributed by atoms with Crippen LogP contribution in [-0.4, -0.2) is 52.7 Å². The fraction of sp³-hybridized carbons (Fsp3) is 0.455. The largest absolute Gasteiger partial charge is 0.493 e. The molecule has 0 bridgehead atoms. The van der Waals surface area contributed by atoms with Crippen molar-refractivity contribution < 1.29 is 17.9 Å². The lowest BCUT2D eigenvalue weighted by Crippen LogP contribution is -2.42. The molecule has 2 aromatic rings. The molecule has 0 radical (unpaired) electrons.